The number of aliphatic hydroxyl groups is 2. The van der Waals surface area contributed by atoms with Crippen molar-refractivity contribution < 1.29 is 46.9 Å². The lowest BCUT2D eigenvalue weighted by molar-refractivity contribution is -0.0575. The number of aliphatic hydroxyl groups excluding tert-OH is 2. The van der Waals surface area contributed by atoms with Gasteiger partial charge in [0.05, 0.1) is 25.9 Å². The maximum Gasteiger partial charge on any atom is 0.386 e. The van der Waals surface area contributed by atoms with Crippen molar-refractivity contribution in [2.24, 2.45) is 0 Å². The minimum Gasteiger partial charge on any atom is -0.387 e. The van der Waals surface area contributed by atoms with Crippen LogP contribution in [0.3, 0.4) is 0 Å². The molecule has 7 N–H and O–H groups in total. The topological polar surface area (TPSA) is 289 Å². The number of imidazole rings is 2. The SMILES string of the molecule is Nc1nc2c(ncn2[C@@H]2O[C@@H]3COP(=O)(S)OC4C(O)C(n5cnc6c(N)ncnc65)O[C@@H]4COP(=O)(S)OC2C3O)c(=O)[nH]1. The summed E-state index contributed by atoms with van der Waals surface area (Å²) in [5.41, 5.74) is 11.2. The average molecular weight is 707 g/mol. The predicted molar refractivity (Wildman–Crippen MR) is 157 cm³/mol. The van der Waals surface area contributed by atoms with Crippen LogP contribution < -0.4 is 17.0 Å². The maximum atomic E-state index is 13.5. The van der Waals surface area contributed by atoms with Gasteiger partial charge in [-0.2, -0.15) is 4.98 Å². The summed E-state index contributed by atoms with van der Waals surface area (Å²) >= 11 is 8.12. The quantitative estimate of drug-likeness (QED) is 0.102. The van der Waals surface area contributed by atoms with E-state index in [1.807, 2.05) is 0 Å². The zero-order valence-electron chi connectivity index (χ0n) is 22.4. The highest BCUT2D eigenvalue weighted by Gasteiger charge is 2.53. The molecule has 25 heteroatoms. The van der Waals surface area contributed by atoms with Crippen LogP contribution in [0.1, 0.15) is 12.5 Å². The van der Waals surface area contributed by atoms with E-state index in [0.717, 1.165) is 0 Å². The van der Waals surface area contributed by atoms with Crippen LogP contribution in [0, 0.1) is 0 Å². The molecule has 3 saturated heterocycles. The molecule has 3 aliphatic heterocycles. The third-order valence-corrected chi connectivity index (χ3v) is 10.6. The van der Waals surface area contributed by atoms with Gasteiger partial charge in [0.1, 0.15) is 48.5 Å². The van der Waals surface area contributed by atoms with Gasteiger partial charge in [0.25, 0.3) is 5.56 Å². The number of hydrogen-bond acceptors (Lipinski definition) is 18. The number of hydrogen-bond donors (Lipinski definition) is 7. The Bertz CT molecular complexity index is 1940. The normalized spacial score (nSPS) is 37.7. The zero-order valence-corrected chi connectivity index (χ0v) is 26.0. The van der Waals surface area contributed by atoms with Gasteiger partial charge in [-0.1, -0.05) is 24.5 Å². The van der Waals surface area contributed by atoms with Crippen LogP contribution >= 0.6 is 38.1 Å². The lowest BCUT2D eigenvalue weighted by atomic mass is 10.1. The number of nitrogens with two attached hydrogens (primary N) is 2. The molecular formula is C20H24N10O11P2S2. The minimum absolute atomic E-state index is 0.0378. The fourth-order valence-corrected chi connectivity index (χ4v) is 8.25. The van der Waals surface area contributed by atoms with Crippen molar-refractivity contribution in [2.45, 2.75) is 49.1 Å². The number of ether oxygens (including phenoxy) is 2. The Morgan fingerprint density at radius 3 is 2.20 bits per heavy atom. The molecule has 0 spiro atoms. The number of nitrogens with one attached hydrogen (secondary N) is 1. The third kappa shape index (κ3) is 5.55. The molecule has 21 nitrogen and oxygen atoms in total. The van der Waals surface area contributed by atoms with Crippen molar-refractivity contribution >= 4 is 72.2 Å². The number of H-pyrrole nitrogens is 1. The van der Waals surface area contributed by atoms with E-state index in [0.29, 0.717) is 0 Å². The van der Waals surface area contributed by atoms with Crippen molar-refractivity contribution in [3.8, 4) is 0 Å². The molecule has 45 heavy (non-hydrogen) atoms. The summed E-state index contributed by atoms with van der Waals surface area (Å²) in [5, 5.41) is 22.4. The van der Waals surface area contributed by atoms with Crippen LogP contribution in [-0.4, -0.2) is 99.1 Å². The maximum absolute atomic E-state index is 13.5. The highest BCUT2D eigenvalue weighted by atomic mass is 32.7. The van der Waals surface area contributed by atoms with Crippen LogP contribution in [-0.2, 0) is 36.7 Å². The first-order valence-corrected chi connectivity index (χ1v) is 18.3. The standard InChI is InChI=1S/C20H24N10O11P2S2/c21-14-8-15(24-3-23-14)29(4-25-8)18-11(32)12-7(39-18)2-37-43(35,45)41-13-10(31)6(1-36-42(34,44)40-12)38-19(13)30-5-26-9-16(30)27-20(22)28-17(9)33/h3-7,10-13,18-19,31-32H,1-2H2,(H,34,44)(H,35,45)(H2,21,23,24)(H3,22,27,28,33)/t6-,7-,10?,11?,12?,13?,18?,19-,42?,43?/m1/s1. The molecule has 7 heterocycles. The number of rotatable bonds is 2. The Balaban J connectivity index is 1.21. The second-order valence-corrected chi connectivity index (χ2v) is 15.9. The molecule has 0 aromatic carbocycles. The van der Waals surface area contributed by atoms with E-state index in [4.69, 9.17) is 39.0 Å². The molecule has 3 fully saturated rings. The van der Waals surface area contributed by atoms with E-state index >= 15 is 0 Å². The van der Waals surface area contributed by atoms with Crippen LogP contribution in [0.4, 0.5) is 11.8 Å². The fraction of sp³-hybridized carbons (Fsp3) is 0.500. The number of nitrogens with zero attached hydrogens (tertiary/aromatic N) is 7. The van der Waals surface area contributed by atoms with E-state index in [1.165, 1.54) is 28.1 Å². The number of fused-ring (bicyclic) bond motifs is 5. The van der Waals surface area contributed by atoms with Crippen LogP contribution in [0.2, 0.25) is 0 Å². The number of nitrogen functional groups attached to an aromatic ring is 2. The zero-order chi connectivity index (χ0) is 31.8. The highest BCUT2D eigenvalue weighted by Crippen LogP contribution is 2.60. The molecule has 7 rings (SSSR count). The Kier molecular flexibility index (Phi) is 7.74. The second-order valence-electron chi connectivity index (χ2n) is 10.1. The van der Waals surface area contributed by atoms with Gasteiger partial charge in [-0.05, 0) is 0 Å². The van der Waals surface area contributed by atoms with Gasteiger partial charge in [0, 0.05) is 0 Å². The van der Waals surface area contributed by atoms with Crippen molar-refractivity contribution in [1.29, 1.82) is 0 Å². The first-order valence-electron chi connectivity index (χ1n) is 13.0. The summed E-state index contributed by atoms with van der Waals surface area (Å²) in [6.45, 7) is -9.87. The largest absolute Gasteiger partial charge is 0.387 e. The minimum atomic E-state index is -4.38. The van der Waals surface area contributed by atoms with Crippen molar-refractivity contribution in [3.05, 3.63) is 29.3 Å². The van der Waals surface area contributed by atoms with Gasteiger partial charge in [-0.3, -0.25) is 37.0 Å². The van der Waals surface area contributed by atoms with Gasteiger partial charge >= 0.3 is 13.6 Å². The van der Waals surface area contributed by atoms with Crippen LogP contribution in [0.15, 0.2) is 23.8 Å². The number of thiol groups is 2. The van der Waals surface area contributed by atoms with E-state index in [1.54, 1.807) is 0 Å². The van der Waals surface area contributed by atoms with E-state index in [9.17, 15) is 24.1 Å². The molecule has 4 aromatic rings. The molecule has 0 saturated carbocycles. The lowest BCUT2D eigenvalue weighted by Gasteiger charge is -2.26. The van der Waals surface area contributed by atoms with Crippen molar-refractivity contribution in [3.63, 3.8) is 0 Å². The van der Waals surface area contributed by atoms with Crippen molar-refractivity contribution in [2.75, 3.05) is 24.7 Å². The molecular weight excluding hydrogens is 682 g/mol. The molecule has 0 radical (unpaired) electrons. The monoisotopic (exact) mass is 706 g/mol. The predicted octanol–water partition coefficient (Wildman–Crippen LogP) is -0.467. The molecule has 10 atom stereocenters. The lowest BCUT2D eigenvalue weighted by Crippen LogP contribution is -2.35. The van der Waals surface area contributed by atoms with E-state index in [-0.39, 0.29) is 34.1 Å². The summed E-state index contributed by atoms with van der Waals surface area (Å²) in [6, 6.07) is 0. The van der Waals surface area contributed by atoms with Gasteiger partial charge < -0.3 is 31.2 Å². The number of aromatic amines is 1. The molecule has 0 amide bonds. The van der Waals surface area contributed by atoms with Gasteiger partial charge in [-0.25, -0.2) is 29.1 Å². The Labute approximate surface area is 260 Å². The molecule has 3 aliphatic rings. The summed E-state index contributed by atoms with van der Waals surface area (Å²) < 4.78 is 63.7. The molecule has 0 aliphatic carbocycles. The number of aromatic nitrogens is 8. The Morgan fingerprint density at radius 1 is 0.844 bits per heavy atom. The van der Waals surface area contributed by atoms with Crippen molar-refractivity contribution in [1.82, 2.24) is 39.0 Å². The number of anilines is 2. The first kappa shape index (κ1) is 31.0. The fourth-order valence-electron chi connectivity index (χ4n) is 5.30. The van der Waals surface area contributed by atoms with Crippen LogP contribution in [0.25, 0.3) is 22.3 Å². The summed E-state index contributed by atoms with van der Waals surface area (Å²) in [6.07, 6.45) is -7.44. The summed E-state index contributed by atoms with van der Waals surface area (Å²) in [5.74, 6) is -0.142. The molecule has 242 valence electrons. The molecule has 4 aromatic heterocycles. The Hall–Kier alpha value is -2.66. The summed E-state index contributed by atoms with van der Waals surface area (Å²) in [4.78, 5) is 34.9. The third-order valence-electron chi connectivity index (χ3n) is 7.32. The Morgan fingerprint density at radius 2 is 1.47 bits per heavy atom. The summed E-state index contributed by atoms with van der Waals surface area (Å²) in [7, 11) is 0. The smallest absolute Gasteiger partial charge is 0.386 e. The first-order chi connectivity index (χ1) is 21.3. The average Bonchev–Trinajstić information content (AvgIpc) is 3.72. The van der Waals surface area contributed by atoms with Gasteiger partial charge in [0.15, 0.2) is 35.1 Å². The van der Waals surface area contributed by atoms with Gasteiger partial charge in [0.2, 0.25) is 5.95 Å². The van der Waals surface area contributed by atoms with Gasteiger partial charge in [-0.15, -0.1) is 0 Å². The van der Waals surface area contributed by atoms with E-state index in [2.05, 4.69) is 54.4 Å². The molecule has 7 unspecified atom stereocenters. The second kappa shape index (κ2) is 11.2. The molecule has 2 bridgehead atoms. The van der Waals surface area contributed by atoms with E-state index < -0.39 is 81.4 Å². The van der Waals surface area contributed by atoms with Crippen LogP contribution in [0.5, 0.6) is 0 Å². The highest BCUT2D eigenvalue weighted by molar-refractivity contribution is 8.44.